The fourth-order valence-electron chi connectivity index (χ4n) is 2.08. The summed E-state index contributed by atoms with van der Waals surface area (Å²) >= 11 is 6.20. The van der Waals surface area contributed by atoms with Crippen LogP contribution in [0.2, 0.25) is 5.15 Å². The van der Waals surface area contributed by atoms with Crippen LogP contribution in [0.25, 0.3) is 11.5 Å². The number of ether oxygens (including phenoxy) is 1. The van der Waals surface area contributed by atoms with Crippen LogP contribution in [0.5, 0.6) is 0 Å². The first kappa shape index (κ1) is 11.6. The summed E-state index contributed by atoms with van der Waals surface area (Å²) in [6.07, 6.45) is 2.53. The summed E-state index contributed by atoms with van der Waals surface area (Å²) in [7, 11) is 0. The summed E-state index contributed by atoms with van der Waals surface area (Å²) in [5.74, 6) is 0.639. The van der Waals surface area contributed by atoms with Crippen molar-refractivity contribution in [3.05, 3.63) is 28.7 Å². The Labute approximate surface area is 110 Å². The average molecular weight is 265 g/mol. The van der Waals surface area contributed by atoms with Gasteiger partial charge in [0.05, 0.1) is 18.9 Å². The van der Waals surface area contributed by atoms with Gasteiger partial charge in [-0.05, 0) is 13.0 Å². The van der Waals surface area contributed by atoms with Crippen LogP contribution in [0.4, 0.5) is 0 Å². The Morgan fingerprint density at radius 2 is 2.33 bits per heavy atom. The standard InChI is InChI=1S/C12H13ClN4O/c1-2-17-10(3-5-14-17)12-15-9-4-6-18-7-8(9)11(13)16-12/h3,5H,2,4,6-7H2,1H3. The topological polar surface area (TPSA) is 52.8 Å². The third kappa shape index (κ3) is 1.89. The Morgan fingerprint density at radius 3 is 3.17 bits per heavy atom. The molecule has 0 fully saturated rings. The maximum absolute atomic E-state index is 6.20. The Morgan fingerprint density at radius 1 is 1.44 bits per heavy atom. The molecule has 0 amide bonds. The number of aromatic nitrogens is 4. The van der Waals surface area contributed by atoms with Crippen molar-refractivity contribution < 1.29 is 4.74 Å². The minimum atomic E-state index is 0.485. The summed E-state index contributed by atoms with van der Waals surface area (Å²) in [4.78, 5) is 8.94. The summed E-state index contributed by atoms with van der Waals surface area (Å²) in [6, 6.07) is 1.90. The van der Waals surface area contributed by atoms with E-state index in [1.54, 1.807) is 6.20 Å². The monoisotopic (exact) mass is 264 g/mol. The van der Waals surface area contributed by atoms with Crippen molar-refractivity contribution in [3.63, 3.8) is 0 Å². The highest BCUT2D eigenvalue weighted by Gasteiger charge is 2.18. The lowest BCUT2D eigenvalue weighted by molar-refractivity contribution is 0.109. The number of fused-ring (bicyclic) bond motifs is 1. The molecule has 5 nitrogen and oxygen atoms in total. The molecule has 1 aliphatic heterocycles. The molecule has 0 unspecified atom stereocenters. The van der Waals surface area contributed by atoms with Crippen LogP contribution < -0.4 is 0 Å². The molecule has 0 radical (unpaired) electrons. The predicted octanol–water partition coefficient (Wildman–Crippen LogP) is 2.09. The maximum atomic E-state index is 6.20. The molecule has 3 rings (SSSR count). The van der Waals surface area contributed by atoms with Crippen LogP contribution in [0.1, 0.15) is 18.2 Å². The highest BCUT2D eigenvalue weighted by Crippen LogP contribution is 2.25. The third-order valence-corrected chi connectivity index (χ3v) is 3.33. The van der Waals surface area contributed by atoms with Crippen molar-refractivity contribution in [1.29, 1.82) is 0 Å². The zero-order valence-corrected chi connectivity index (χ0v) is 10.8. The van der Waals surface area contributed by atoms with Gasteiger partial charge in [0.2, 0.25) is 0 Å². The molecule has 0 saturated heterocycles. The van der Waals surface area contributed by atoms with Crippen LogP contribution >= 0.6 is 11.6 Å². The van der Waals surface area contributed by atoms with E-state index in [-0.39, 0.29) is 0 Å². The van der Waals surface area contributed by atoms with Gasteiger partial charge in [0.15, 0.2) is 5.82 Å². The molecule has 1 aliphatic rings. The summed E-state index contributed by atoms with van der Waals surface area (Å²) in [5.41, 5.74) is 2.79. The van der Waals surface area contributed by atoms with Crippen molar-refractivity contribution in [1.82, 2.24) is 19.7 Å². The van der Waals surface area contributed by atoms with Gasteiger partial charge in [0, 0.05) is 24.7 Å². The van der Waals surface area contributed by atoms with E-state index in [0.29, 0.717) is 24.2 Å². The van der Waals surface area contributed by atoms with E-state index in [4.69, 9.17) is 16.3 Å². The lowest BCUT2D eigenvalue weighted by Gasteiger charge is -2.17. The van der Waals surface area contributed by atoms with Crippen LogP contribution in [0.15, 0.2) is 12.3 Å². The number of nitrogens with zero attached hydrogens (tertiary/aromatic N) is 4. The number of hydrogen-bond donors (Lipinski definition) is 0. The second-order valence-corrected chi connectivity index (χ2v) is 4.46. The summed E-state index contributed by atoms with van der Waals surface area (Å²) in [5, 5.41) is 4.71. The number of rotatable bonds is 2. The van der Waals surface area contributed by atoms with Gasteiger partial charge in [-0.2, -0.15) is 5.10 Å². The highest BCUT2D eigenvalue weighted by atomic mass is 35.5. The van der Waals surface area contributed by atoms with E-state index in [2.05, 4.69) is 15.1 Å². The normalized spacial score (nSPS) is 14.6. The van der Waals surface area contributed by atoms with Gasteiger partial charge in [-0.15, -0.1) is 0 Å². The van der Waals surface area contributed by atoms with Gasteiger partial charge in [0.1, 0.15) is 10.8 Å². The molecule has 0 aliphatic carbocycles. The van der Waals surface area contributed by atoms with Gasteiger partial charge >= 0.3 is 0 Å². The first-order chi connectivity index (χ1) is 8.79. The summed E-state index contributed by atoms with van der Waals surface area (Å²) < 4.78 is 7.23. The largest absolute Gasteiger partial charge is 0.376 e. The predicted molar refractivity (Wildman–Crippen MR) is 67.3 cm³/mol. The Kier molecular flexibility index (Phi) is 3.01. The van der Waals surface area contributed by atoms with E-state index in [1.165, 1.54) is 0 Å². The molecule has 2 aromatic heterocycles. The Balaban J connectivity index is 2.11. The third-order valence-electron chi connectivity index (χ3n) is 3.02. The molecule has 0 spiro atoms. The van der Waals surface area contributed by atoms with E-state index in [1.807, 2.05) is 17.7 Å². The van der Waals surface area contributed by atoms with Crippen LogP contribution in [0, 0.1) is 0 Å². The maximum Gasteiger partial charge on any atom is 0.179 e. The van der Waals surface area contributed by atoms with Crippen molar-refractivity contribution in [2.45, 2.75) is 26.5 Å². The fraction of sp³-hybridized carbons (Fsp3) is 0.417. The van der Waals surface area contributed by atoms with Gasteiger partial charge in [0.25, 0.3) is 0 Å². The average Bonchev–Trinajstić information content (AvgIpc) is 2.87. The minimum absolute atomic E-state index is 0.485. The zero-order chi connectivity index (χ0) is 12.5. The van der Waals surface area contributed by atoms with Gasteiger partial charge in [-0.3, -0.25) is 4.68 Å². The van der Waals surface area contributed by atoms with Crippen LogP contribution in [0.3, 0.4) is 0 Å². The van der Waals surface area contributed by atoms with Crippen molar-refractivity contribution in [3.8, 4) is 11.5 Å². The van der Waals surface area contributed by atoms with E-state index < -0.39 is 0 Å². The molecule has 0 aromatic carbocycles. The molecule has 2 aromatic rings. The smallest absolute Gasteiger partial charge is 0.179 e. The molecule has 0 atom stereocenters. The van der Waals surface area contributed by atoms with Gasteiger partial charge in [-0.25, -0.2) is 9.97 Å². The Bertz CT molecular complexity index is 581. The second kappa shape index (κ2) is 4.66. The molecule has 0 N–H and O–H groups in total. The molecular weight excluding hydrogens is 252 g/mol. The zero-order valence-electron chi connectivity index (χ0n) is 10.1. The van der Waals surface area contributed by atoms with E-state index >= 15 is 0 Å². The molecule has 18 heavy (non-hydrogen) atoms. The number of aryl methyl sites for hydroxylation is 1. The first-order valence-electron chi connectivity index (χ1n) is 5.95. The molecular formula is C12H13ClN4O. The fourth-order valence-corrected chi connectivity index (χ4v) is 2.33. The lowest BCUT2D eigenvalue weighted by atomic mass is 10.1. The van der Waals surface area contributed by atoms with Gasteiger partial charge in [-0.1, -0.05) is 11.6 Å². The molecule has 0 saturated carbocycles. The first-order valence-corrected chi connectivity index (χ1v) is 6.32. The number of halogens is 1. The van der Waals surface area contributed by atoms with E-state index in [9.17, 15) is 0 Å². The van der Waals surface area contributed by atoms with E-state index in [0.717, 1.165) is 29.9 Å². The number of hydrogen-bond acceptors (Lipinski definition) is 4. The Hall–Kier alpha value is -1.46. The quantitative estimate of drug-likeness (QED) is 0.780. The van der Waals surface area contributed by atoms with Crippen LogP contribution in [-0.4, -0.2) is 26.4 Å². The van der Waals surface area contributed by atoms with Gasteiger partial charge < -0.3 is 4.74 Å². The SMILES string of the molecule is CCn1nccc1-c1nc(Cl)c2c(n1)CCOC2. The van der Waals surface area contributed by atoms with Crippen molar-refractivity contribution in [2.24, 2.45) is 0 Å². The van der Waals surface area contributed by atoms with Crippen molar-refractivity contribution in [2.75, 3.05) is 6.61 Å². The second-order valence-electron chi connectivity index (χ2n) is 4.10. The van der Waals surface area contributed by atoms with Crippen molar-refractivity contribution >= 4 is 11.6 Å². The minimum Gasteiger partial charge on any atom is -0.376 e. The highest BCUT2D eigenvalue weighted by molar-refractivity contribution is 6.30. The molecule has 6 heteroatoms. The lowest BCUT2D eigenvalue weighted by Crippen LogP contribution is -2.14. The molecule has 0 bridgehead atoms. The summed E-state index contributed by atoms with van der Waals surface area (Å²) in [6.45, 7) is 4.00. The molecule has 3 heterocycles. The van der Waals surface area contributed by atoms with Crippen LogP contribution in [-0.2, 0) is 24.3 Å². The molecule has 94 valence electrons.